The number of esters is 1. The van der Waals surface area contributed by atoms with Gasteiger partial charge in [-0.3, -0.25) is 24.8 Å². The summed E-state index contributed by atoms with van der Waals surface area (Å²) >= 11 is 6.31. The van der Waals surface area contributed by atoms with Gasteiger partial charge in [0.2, 0.25) is 6.41 Å². The summed E-state index contributed by atoms with van der Waals surface area (Å²) < 4.78 is 16.5. The largest absolute Gasteiger partial charge is 0.462 e. The number of nitrogens with one attached hydrogen (secondary N) is 2. The molecule has 0 aromatic heterocycles. The van der Waals surface area contributed by atoms with Crippen molar-refractivity contribution >= 4 is 38.8 Å². The van der Waals surface area contributed by atoms with Crippen molar-refractivity contribution in [2.75, 3.05) is 13.7 Å². The molecule has 1 aliphatic rings. The predicted octanol–water partition coefficient (Wildman–Crippen LogP) is 0.882. The molecule has 1 fully saturated rings. The SMILES string of the molecule is CC(C)OC(=O)C(C)NPOCC1CC(Cl)C(N(C)/C=C\C(=O)NC=O)O1. The zero-order chi connectivity index (χ0) is 20.4. The van der Waals surface area contributed by atoms with Gasteiger partial charge in [0.15, 0.2) is 0 Å². The minimum atomic E-state index is -0.529. The number of carbonyl (C=O) groups is 3. The lowest BCUT2D eigenvalue weighted by Crippen LogP contribution is -2.34. The lowest BCUT2D eigenvalue weighted by Gasteiger charge is -2.24. The van der Waals surface area contributed by atoms with Crippen LogP contribution in [0.3, 0.4) is 0 Å². The van der Waals surface area contributed by atoms with E-state index in [1.165, 1.54) is 12.3 Å². The second-order valence-electron chi connectivity index (χ2n) is 6.27. The topological polar surface area (TPSA) is 106 Å². The Balaban J connectivity index is 2.31. The molecule has 1 heterocycles. The summed E-state index contributed by atoms with van der Waals surface area (Å²) in [5.74, 6) is -0.857. The van der Waals surface area contributed by atoms with Crippen LogP contribution >= 0.6 is 20.6 Å². The summed E-state index contributed by atoms with van der Waals surface area (Å²) in [6.45, 7) is 5.61. The lowest BCUT2D eigenvalue weighted by atomic mass is 10.2. The van der Waals surface area contributed by atoms with Gasteiger partial charge in [0.1, 0.15) is 12.3 Å². The van der Waals surface area contributed by atoms with Crippen LogP contribution in [0.15, 0.2) is 12.3 Å². The molecule has 9 nitrogen and oxygen atoms in total. The summed E-state index contributed by atoms with van der Waals surface area (Å²) in [5.41, 5.74) is 0. The Morgan fingerprint density at radius 3 is 2.74 bits per heavy atom. The number of nitrogens with zero attached hydrogens (tertiary/aromatic N) is 1. The molecule has 5 unspecified atom stereocenters. The van der Waals surface area contributed by atoms with E-state index < -0.39 is 18.2 Å². The fourth-order valence-electron chi connectivity index (χ4n) is 2.20. The highest BCUT2D eigenvalue weighted by molar-refractivity contribution is 7.29. The smallest absolute Gasteiger partial charge is 0.323 e. The van der Waals surface area contributed by atoms with Gasteiger partial charge in [0.05, 0.1) is 33.2 Å². The van der Waals surface area contributed by atoms with E-state index in [-0.39, 0.29) is 32.5 Å². The maximum atomic E-state index is 11.7. The second-order valence-corrected chi connectivity index (χ2v) is 7.61. The highest BCUT2D eigenvalue weighted by Gasteiger charge is 2.35. The van der Waals surface area contributed by atoms with Crippen LogP contribution in [-0.4, -0.2) is 66.7 Å². The Bertz CT molecular complexity index is 536. The predicted molar refractivity (Wildman–Crippen MR) is 102 cm³/mol. The first-order valence-corrected chi connectivity index (χ1v) is 9.85. The molecule has 2 amide bonds. The second kappa shape index (κ2) is 12.3. The molecule has 0 aromatic rings. The van der Waals surface area contributed by atoms with E-state index in [2.05, 4.69) is 5.09 Å². The van der Waals surface area contributed by atoms with Crippen molar-refractivity contribution < 1.29 is 28.4 Å². The number of hydrogen-bond acceptors (Lipinski definition) is 8. The number of carbonyl (C=O) groups excluding carboxylic acids is 3. The van der Waals surface area contributed by atoms with Crippen molar-refractivity contribution in [3.63, 3.8) is 0 Å². The first kappa shape index (κ1) is 23.8. The molecule has 1 rings (SSSR count). The first-order chi connectivity index (χ1) is 12.7. The molecule has 2 N–H and O–H groups in total. The molecular weight excluding hydrogens is 397 g/mol. The van der Waals surface area contributed by atoms with Crippen molar-refractivity contribution in [1.29, 1.82) is 0 Å². The number of amides is 2. The van der Waals surface area contributed by atoms with Crippen LogP contribution in [0.2, 0.25) is 0 Å². The lowest BCUT2D eigenvalue weighted by molar-refractivity contribution is -0.149. The third-order valence-corrected chi connectivity index (χ3v) is 4.77. The Morgan fingerprint density at radius 1 is 1.41 bits per heavy atom. The molecular formula is C16H27ClN3O6P. The molecule has 11 heteroatoms. The highest BCUT2D eigenvalue weighted by atomic mass is 35.5. The van der Waals surface area contributed by atoms with Crippen molar-refractivity contribution in [3.05, 3.63) is 12.3 Å². The fourth-order valence-corrected chi connectivity index (χ4v) is 3.28. The first-order valence-electron chi connectivity index (χ1n) is 8.51. The average molecular weight is 424 g/mol. The van der Waals surface area contributed by atoms with Crippen LogP contribution in [0.5, 0.6) is 0 Å². The normalized spacial score (nSPS) is 23.9. The number of rotatable bonds is 11. The Hall–Kier alpha value is -1.25. The maximum absolute atomic E-state index is 11.7. The zero-order valence-corrected chi connectivity index (χ0v) is 17.6. The molecule has 0 aromatic carbocycles. The molecule has 1 aliphatic heterocycles. The molecule has 1 saturated heterocycles. The van der Waals surface area contributed by atoms with Crippen molar-refractivity contribution in [1.82, 2.24) is 15.3 Å². The van der Waals surface area contributed by atoms with Crippen LogP contribution in [0.1, 0.15) is 27.2 Å². The quantitative estimate of drug-likeness (QED) is 0.126. The van der Waals surface area contributed by atoms with E-state index in [0.717, 1.165) is 0 Å². The molecule has 0 radical (unpaired) electrons. The van der Waals surface area contributed by atoms with Gasteiger partial charge in [-0.2, -0.15) is 0 Å². The minimum absolute atomic E-state index is 0.0835. The summed E-state index contributed by atoms with van der Waals surface area (Å²) in [6.07, 6.45) is 2.82. The molecule has 5 atom stereocenters. The van der Waals surface area contributed by atoms with Gasteiger partial charge in [-0.1, -0.05) is 0 Å². The van der Waals surface area contributed by atoms with E-state index in [0.29, 0.717) is 19.4 Å². The molecule has 154 valence electrons. The number of imide groups is 1. The molecule has 0 saturated carbocycles. The Kier molecular flexibility index (Phi) is 10.8. The van der Waals surface area contributed by atoms with Crippen molar-refractivity contribution in [2.45, 2.75) is 57.0 Å². The number of alkyl halides is 1. The van der Waals surface area contributed by atoms with Gasteiger partial charge in [0.25, 0.3) is 5.91 Å². The third kappa shape index (κ3) is 8.99. The number of ether oxygens (including phenoxy) is 2. The molecule has 0 spiro atoms. The summed E-state index contributed by atoms with van der Waals surface area (Å²) in [4.78, 5) is 34.8. The third-order valence-electron chi connectivity index (χ3n) is 3.52. The fraction of sp³-hybridized carbons (Fsp3) is 0.688. The van der Waals surface area contributed by atoms with E-state index >= 15 is 0 Å². The van der Waals surface area contributed by atoms with Crippen LogP contribution in [0.4, 0.5) is 0 Å². The summed E-state index contributed by atoms with van der Waals surface area (Å²) in [6, 6.07) is -0.461. The van der Waals surface area contributed by atoms with Crippen molar-refractivity contribution in [2.24, 2.45) is 0 Å². The van der Waals surface area contributed by atoms with Gasteiger partial charge in [-0.15, -0.1) is 11.6 Å². The standard InChI is InChI=1S/C16H27ClN3O6P/c1-10(2)25-16(23)11(3)19-27-24-8-12-7-13(17)15(26-12)20(4)6-5-14(22)18-9-21/h5-6,9-13,15,19,27H,7-8H2,1-4H3,(H,18,21,22)/b6-5-. The van der Waals surface area contributed by atoms with Gasteiger partial charge >= 0.3 is 5.97 Å². The van der Waals surface area contributed by atoms with E-state index in [9.17, 15) is 14.4 Å². The van der Waals surface area contributed by atoms with E-state index in [4.69, 9.17) is 25.6 Å². The Labute approximate surface area is 166 Å². The molecule has 27 heavy (non-hydrogen) atoms. The minimum Gasteiger partial charge on any atom is -0.462 e. The summed E-state index contributed by atoms with van der Waals surface area (Å²) in [7, 11) is 1.64. The van der Waals surface area contributed by atoms with E-state index in [1.807, 2.05) is 5.32 Å². The van der Waals surface area contributed by atoms with Gasteiger partial charge in [-0.05, 0) is 27.2 Å². The highest BCUT2D eigenvalue weighted by Crippen LogP contribution is 2.28. The number of halogens is 1. The molecule has 0 aliphatic carbocycles. The average Bonchev–Trinajstić information content (AvgIpc) is 2.96. The van der Waals surface area contributed by atoms with Gasteiger partial charge in [-0.25, -0.2) is 0 Å². The maximum Gasteiger partial charge on any atom is 0.323 e. The molecule has 0 bridgehead atoms. The van der Waals surface area contributed by atoms with Crippen LogP contribution in [0, 0.1) is 0 Å². The zero-order valence-electron chi connectivity index (χ0n) is 15.8. The number of hydrogen-bond donors (Lipinski definition) is 2. The Morgan fingerprint density at radius 2 is 2.11 bits per heavy atom. The van der Waals surface area contributed by atoms with Crippen LogP contribution in [0.25, 0.3) is 0 Å². The van der Waals surface area contributed by atoms with Crippen LogP contribution in [-0.2, 0) is 28.4 Å². The summed E-state index contributed by atoms with van der Waals surface area (Å²) in [5, 5.41) is 4.68. The van der Waals surface area contributed by atoms with Crippen molar-refractivity contribution in [3.8, 4) is 0 Å². The van der Waals surface area contributed by atoms with E-state index in [1.54, 1.807) is 32.7 Å². The van der Waals surface area contributed by atoms with Gasteiger partial charge in [0, 0.05) is 19.3 Å². The van der Waals surface area contributed by atoms with Gasteiger partial charge < -0.3 is 18.9 Å². The monoisotopic (exact) mass is 423 g/mol. The van der Waals surface area contributed by atoms with Crippen LogP contribution < -0.4 is 10.4 Å².